The van der Waals surface area contributed by atoms with Gasteiger partial charge in [0.1, 0.15) is 0 Å². The molecule has 0 aliphatic heterocycles. The van der Waals surface area contributed by atoms with E-state index in [2.05, 4.69) is 10.2 Å². The highest BCUT2D eigenvalue weighted by Crippen LogP contribution is 2.62. The number of hydrogen-bond acceptors (Lipinski definition) is 8. The monoisotopic (exact) mass is 970 g/mol. The lowest BCUT2D eigenvalue weighted by Gasteiger charge is -2.40. The van der Waals surface area contributed by atoms with Crippen molar-refractivity contribution in [3.05, 3.63) is 0 Å². The van der Waals surface area contributed by atoms with Crippen LogP contribution in [0.15, 0.2) is 10.2 Å². The maximum Gasteiger partial charge on any atom is 0.460 e. The van der Waals surface area contributed by atoms with Crippen molar-refractivity contribution in [2.75, 3.05) is 0 Å². The molecule has 0 rings (SSSR count). The molecular weight excluding hydrogens is 950 g/mol. The van der Waals surface area contributed by atoms with Crippen LogP contribution in [0.2, 0.25) is 0 Å². The van der Waals surface area contributed by atoms with Gasteiger partial charge in [0.2, 0.25) is 0 Å². The minimum atomic E-state index is -8.33. The number of rotatable bonds is 22. The number of nitriles is 2. The molecular formula is C28H20F26N4O4-2. The lowest BCUT2D eigenvalue weighted by molar-refractivity contribution is -0.440. The van der Waals surface area contributed by atoms with Gasteiger partial charge in [-0.25, -0.2) is 0 Å². The summed E-state index contributed by atoms with van der Waals surface area (Å²) in [7, 11) is 0. The van der Waals surface area contributed by atoms with Crippen LogP contribution in [0.3, 0.4) is 0 Å². The van der Waals surface area contributed by atoms with E-state index in [1.165, 1.54) is 0 Å². The summed E-state index contributed by atoms with van der Waals surface area (Å²) in [5, 5.41) is 47.9. The standard InChI is InChI=1S/C28H22F26N4O4/c1-15(9-55,7-11(13(59)60)3-5-17(29,30)19(33,34)21(37,38)23(41,42)25(45,46)27(49,50)51)57-58-16(2,10-56)8-12(14(61)62)4-6-18(31,32)20(35,36)22(39,40)24(43,44)26(47,48)28(52,53)54/h11-12H,3-8H2,1-2H3,(H,59,60)(H,61,62)/p-2. The molecule has 0 heterocycles. The van der Waals surface area contributed by atoms with E-state index in [4.69, 9.17) is 0 Å². The molecule has 0 spiro atoms. The van der Waals surface area contributed by atoms with E-state index in [-0.39, 0.29) is 0 Å². The van der Waals surface area contributed by atoms with Crippen molar-refractivity contribution in [2.24, 2.45) is 22.1 Å². The van der Waals surface area contributed by atoms with Gasteiger partial charge in [-0.3, -0.25) is 0 Å². The Kier molecular flexibility index (Phi) is 15.8. The number of nitrogens with zero attached hydrogens (tertiary/aromatic N) is 4. The average Bonchev–Trinajstić information content (AvgIpc) is 3.09. The Morgan fingerprint density at radius 1 is 0.435 bits per heavy atom. The quantitative estimate of drug-likeness (QED) is 0.0784. The van der Waals surface area contributed by atoms with Gasteiger partial charge < -0.3 is 19.8 Å². The van der Waals surface area contributed by atoms with E-state index in [0.717, 1.165) is 12.1 Å². The van der Waals surface area contributed by atoms with Gasteiger partial charge in [-0.15, -0.1) is 0 Å². The molecule has 0 aromatic heterocycles. The van der Waals surface area contributed by atoms with Gasteiger partial charge >= 0.3 is 71.6 Å². The van der Waals surface area contributed by atoms with Crippen LogP contribution < -0.4 is 10.2 Å². The largest absolute Gasteiger partial charge is 0.550 e. The number of alkyl halides is 26. The van der Waals surface area contributed by atoms with Crippen molar-refractivity contribution in [1.82, 2.24) is 0 Å². The Morgan fingerprint density at radius 3 is 0.823 bits per heavy atom. The molecule has 0 aliphatic carbocycles. The normalized spacial score (nSPS) is 18.0. The fourth-order valence-electron chi connectivity index (χ4n) is 4.63. The molecule has 0 radical (unpaired) electrons. The summed E-state index contributed by atoms with van der Waals surface area (Å²) < 4.78 is 348. The highest BCUT2D eigenvalue weighted by Gasteiger charge is 2.92. The summed E-state index contributed by atoms with van der Waals surface area (Å²) >= 11 is 0. The number of halogens is 26. The van der Waals surface area contributed by atoms with E-state index < -0.39 is 145 Å². The van der Waals surface area contributed by atoms with Crippen LogP contribution in [0.25, 0.3) is 0 Å². The molecule has 0 saturated carbocycles. The van der Waals surface area contributed by atoms with Gasteiger partial charge in [0.25, 0.3) is 0 Å². The van der Waals surface area contributed by atoms with E-state index >= 15 is 0 Å². The van der Waals surface area contributed by atoms with Crippen LogP contribution in [-0.4, -0.2) is 94.6 Å². The van der Waals surface area contributed by atoms with Gasteiger partial charge in [-0.05, 0) is 39.5 Å². The van der Waals surface area contributed by atoms with Crippen LogP contribution in [0.1, 0.15) is 52.4 Å². The number of carboxylic acid groups (broad SMARTS) is 2. The molecule has 0 N–H and O–H groups in total. The lowest BCUT2D eigenvalue weighted by atomic mass is 9.84. The Labute approximate surface area is 326 Å². The molecule has 0 bridgehead atoms. The fourth-order valence-corrected chi connectivity index (χ4v) is 4.63. The smallest absolute Gasteiger partial charge is 0.460 e. The first-order chi connectivity index (χ1) is 26.9. The van der Waals surface area contributed by atoms with Gasteiger partial charge in [-0.2, -0.15) is 135 Å². The first-order valence-electron chi connectivity index (χ1n) is 15.4. The summed E-state index contributed by atoms with van der Waals surface area (Å²) in [4.78, 5) is 23.1. The zero-order valence-electron chi connectivity index (χ0n) is 29.6. The molecule has 8 nitrogen and oxygen atoms in total. The molecule has 34 heteroatoms. The molecule has 0 aliphatic rings. The lowest BCUT2D eigenvalue weighted by Crippen LogP contribution is -2.70. The third kappa shape index (κ3) is 10.1. The number of carboxylic acids is 2. The number of azo groups is 1. The number of hydrogen-bond donors (Lipinski definition) is 0. The summed E-state index contributed by atoms with van der Waals surface area (Å²) in [6, 6.07) is 1.95. The third-order valence-electron chi connectivity index (χ3n) is 8.54. The van der Waals surface area contributed by atoms with Gasteiger partial charge in [0, 0.05) is 36.6 Å². The summed E-state index contributed by atoms with van der Waals surface area (Å²) in [5.41, 5.74) is -6.07. The maximum absolute atomic E-state index is 14.3. The minimum absolute atomic E-state index is 0.335. The molecule has 0 fully saturated rings. The van der Waals surface area contributed by atoms with Crippen molar-refractivity contribution < 1.29 is 134 Å². The van der Waals surface area contributed by atoms with Gasteiger partial charge in [0.15, 0.2) is 11.1 Å². The minimum Gasteiger partial charge on any atom is -0.550 e. The van der Waals surface area contributed by atoms with Crippen molar-refractivity contribution in [2.45, 2.75) is 135 Å². The molecule has 62 heavy (non-hydrogen) atoms. The van der Waals surface area contributed by atoms with Gasteiger partial charge in [-0.1, -0.05) is 0 Å². The van der Waals surface area contributed by atoms with Crippen LogP contribution in [-0.2, 0) is 9.59 Å². The molecule has 0 amide bonds. The van der Waals surface area contributed by atoms with Crippen LogP contribution in [0.4, 0.5) is 114 Å². The molecule has 4 unspecified atom stereocenters. The van der Waals surface area contributed by atoms with E-state index in [9.17, 15) is 144 Å². The second kappa shape index (κ2) is 17.0. The zero-order chi connectivity index (χ0) is 50.4. The fraction of sp³-hybridized carbons (Fsp3) is 0.857. The Bertz CT molecular complexity index is 1620. The highest BCUT2D eigenvalue weighted by atomic mass is 19.4. The molecule has 0 aromatic carbocycles. The first-order valence-corrected chi connectivity index (χ1v) is 15.4. The van der Waals surface area contributed by atoms with Crippen LogP contribution >= 0.6 is 0 Å². The first kappa shape index (κ1) is 57.7. The summed E-state index contributed by atoms with van der Waals surface area (Å²) in [6.07, 6.45) is -30.0. The second-order valence-corrected chi connectivity index (χ2v) is 13.5. The summed E-state index contributed by atoms with van der Waals surface area (Å²) in [5.74, 6) is -90.4. The summed E-state index contributed by atoms with van der Waals surface area (Å²) in [6.45, 7) is 0.671. The number of aliphatic carboxylic acids is 2. The van der Waals surface area contributed by atoms with Crippen LogP contribution in [0.5, 0.6) is 0 Å². The molecule has 360 valence electrons. The average molecular weight is 970 g/mol. The van der Waals surface area contributed by atoms with E-state index in [1.54, 1.807) is 0 Å². The van der Waals surface area contributed by atoms with Crippen molar-refractivity contribution in [3.8, 4) is 12.1 Å². The maximum atomic E-state index is 14.3. The number of carbonyl (C=O) groups is 2. The Balaban J connectivity index is 6.57. The topological polar surface area (TPSA) is 153 Å². The zero-order valence-corrected chi connectivity index (χ0v) is 29.6. The predicted molar refractivity (Wildman–Crippen MR) is 139 cm³/mol. The SMILES string of the molecule is CC(C#N)(CC(CCC(F)(F)C(F)(F)C(F)(F)C(F)(F)C(F)(F)C(F)(F)F)C(=O)[O-])N=NC(C)(C#N)CC(CCC(F)(F)C(F)(F)C(F)(F)C(F)(F)C(F)(F)C(F)(F)F)C(=O)[O-]. The van der Waals surface area contributed by atoms with Crippen molar-refractivity contribution >= 4 is 11.9 Å². The Morgan fingerprint density at radius 2 is 0.645 bits per heavy atom. The molecule has 4 atom stereocenters. The Hall–Kier alpha value is -4.30. The molecule has 0 saturated heterocycles. The van der Waals surface area contributed by atoms with Crippen molar-refractivity contribution in [1.29, 1.82) is 10.5 Å². The van der Waals surface area contributed by atoms with Crippen LogP contribution in [0, 0.1) is 34.5 Å². The van der Waals surface area contributed by atoms with E-state index in [1.807, 2.05) is 0 Å². The second-order valence-electron chi connectivity index (χ2n) is 13.5. The highest BCUT2D eigenvalue weighted by molar-refractivity contribution is 5.68. The molecule has 0 aromatic rings. The third-order valence-corrected chi connectivity index (χ3v) is 8.54. The predicted octanol–water partition coefficient (Wildman–Crippen LogP) is 8.55. The number of carbonyl (C=O) groups excluding carboxylic acids is 2. The van der Waals surface area contributed by atoms with Gasteiger partial charge in [0.05, 0.1) is 12.1 Å². The van der Waals surface area contributed by atoms with E-state index in [0.29, 0.717) is 13.8 Å². The van der Waals surface area contributed by atoms with Crippen molar-refractivity contribution in [3.63, 3.8) is 0 Å².